The molecule has 1 aromatic heterocycles. The molecule has 2 N–H and O–H groups in total. The second kappa shape index (κ2) is 12.2. The Kier molecular flexibility index (Phi) is 8.77. The Bertz CT molecular complexity index is 1550. The van der Waals surface area contributed by atoms with Crippen LogP contribution in [0.5, 0.6) is 0 Å². The van der Waals surface area contributed by atoms with Gasteiger partial charge < -0.3 is 10.6 Å². The number of nitrogens with one attached hydrogen (secondary N) is 2. The second-order valence-electron chi connectivity index (χ2n) is 8.81. The number of aryl methyl sites for hydroxylation is 3. The Labute approximate surface area is 237 Å². The van der Waals surface area contributed by atoms with E-state index in [2.05, 4.69) is 36.8 Å². The molecule has 12 heteroatoms. The quantitative estimate of drug-likeness (QED) is 0.145. The number of nitro benzene ring substituents is 1. The van der Waals surface area contributed by atoms with E-state index in [0.717, 1.165) is 27.0 Å². The molecule has 0 radical (unpaired) electrons. The second-order valence-corrected chi connectivity index (χ2v) is 10.7. The number of hydrogen-bond acceptors (Lipinski definition) is 7. The highest BCUT2D eigenvalue weighted by Gasteiger charge is 2.19. The van der Waals surface area contributed by atoms with E-state index in [-0.39, 0.29) is 29.5 Å². The Morgan fingerprint density at radius 2 is 1.72 bits per heavy atom. The maximum Gasteiger partial charge on any atom is 0.273 e. The Morgan fingerprint density at radius 3 is 2.44 bits per heavy atom. The molecule has 0 aliphatic carbocycles. The van der Waals surface area contributed by atoms with Crippen molar-refractivity contribution in [3.8, 4) is 5.69 Å². The highest BCUT2D eigenvalue weighted by Crippen LogP contribution is 2.25. The van der Waals surface area contributed by atoms with E-state index in [1.54, 1.807) is 11.5 Å². The summed E-state index contributed by atoms with van der Waals surface area (Å²) in [7, 11) is 0. The van der Waals surface area contributed by atoms with Gasteiger partial charge in [-0.3, -0.25) is 24.3 Å². The molecule has 0 spiro atoms. The average Bonchev–Trinajstić information content (AvgIpc) is 3.31. The first-order valence-corrected chi connectivity index (χ1v) is 13.6. The van der Waals surface area contributed by atoms with Crippen molar-refractivity contribution in [3.63, 3.8) is 0 Å². The molecule has 39 heavy (non-hydrogen) atoms. The maximum atomic E-state index is 12.8. The standard InChI is InChI=1S/C27H25BrN6O4S/c1-16-4-5-17(2)22(12-16)30-25(35)15-39-27-32-31-24(33(27)21-10-8-20(28)9-11-21)14-29-26(36)19-7-6-18(3)23(13-19)34(37)38/h4-13H,14-15H2,1-3H3,(H,29,36)(H,30,35). The predicted octanol–water partition coefficient (Wildman–Crippen LogP) is 5.52. The third-order valence-corrected chi connectivity index (χ3v) is 7.32. The Balaban J connectivity index is 1.52. The lowest BCUT2D eigenvalue weighted by Gasteiger charge is -2.12. The summed E-state index contributed by atoms with van der Waals surface area (Å²) in [6.45, 7) is 5.52. The molecule has 0 saturated heterocycles. The summed E-state index contributed by atoms with van der Waals surface area (Å²) >= 11 is 4.65. The van der Waals surface area contributed by atoms with E-state index < -0.39 is 10.8 Å². The molecule has 4 rings (SSSR count). The molecule has 0 aliphatic heterocycles. The Morgan fingerprint density at radius 1 is 1.00 bits per heavy atom. The van der Waals surface area contributed by atoms with Crippen LogP contribution in [0.4, 0.5) is 11.4 Å². The molecular weight excluding hydrogens is 584 g/mol. The normalized spacial score (nSPS) is 10.8. The van der Waals surface area contributed by atoms with Crippen molar-refractivity contribution < 1.29 is 14.5 Å². The third-order valence-electron chi connectivity index (χ3n) is 5.86. The highest BCUT2D eigenvalue weighted by atomic mass is 79.9. The SMILES string of the molecule is Cc1ccc(C)c(NC(=O)CSc2nnc(CNC(=O)c3ccc(C)c([N+](=O)[O-])c3)n2-c2ccc(Br)cc2)c1. The highest BCUT2D eigenvalue weighted by molar-refractivity contribution is 9.10. The van der Waals surface area contributed by atoms with E-state index in [9.17, 15) is 19.7 Å². The molecule has 1 heterocycles. The zero-order valence-electron chi connectivity index (χ0n) is 21.4. The molecular formula is C27H25BrN6O4S. The first-order valence-electron chi connectivity index (χ1n) is 11.9. The van der Waals surface area contributed by atoms with Crippen molar-refractivity contribution in [2.45, 2.75) is 32.5 Å². The number of benzene rings is 3. The molecule has 3 aromatic carbocycles. The molecule has 10 nitrogen and oxygen atoms in total. The zero-order chi connectivity index (χ0) is 28.1. The number of halogens is 1. The molecule has 0 aliphatic rings. The molecule has 0 fully saturated rings. The summed E-state index contributed by atoms with van der Waals surface area (Å²) in [6.07, 6.45) is 0. The smallest absolute Gasteiger partial charge is 0.273 e. The van der Waals surface area contributed by atoms with Crippen LogP contribution >= 0.6 is 27.7 Å². The summed E-state index contributed by atoms with van der Waals surface area (Å²) in [6, 6.07) is 17.6. The van der Waals surface area contributed by atoms with Crippen LogP contribution in [0.25, 0.3) is 5.69 Å². The number of carbonyl (C=O) groups is 2. The Hall–Kier alpha value is -4.03. The van der Waals surface area contributed by atoms with Gasteiger partial charge in [0.1, 0.15) is 0 Å². The fourth-order valence-electron chi connectivity index (χ4n) is 3.75. The molecule has 0 unspecified atom stereocenters. The third kappa shape index (κ3) is 6.89. The topological polar surface area (TPSA) is 132 Å². The van der Waals surface area contributed by atoms with Crippen LogP contribution in [-0.4, -0.2) is 37.3 Å². The minimum Gasteiger partial charge on any atom is -0.345 e. The number of aromatic nitrogens is 3. The van der Waals surface area contributed by atoms with E-state index in [1.807, 2.05) is 56.3 Å². The molecule has 2 amide bonds. The number of amides is 2. The fourth-order valence-corrected chi connectivity index (χ4v) is 4.79. The number of hydrogen-bond donors (Lipinski definition) is 2. The van der Waals surface area contributed by atoms with Crippen LogP contribution in [0.15, 0.2) is 70.3 Å². The molecule has 0 saturated carbocycles. The van der Waals surface area contributed by atoms with Gasteiger partial charge in [-0.25, -0.2) is 0 Å². The average molecular weight is 610 g/mol. The van der Waals surface area contributed by atoms with Gasteiger partial charge in [-0.05, 0) is 68.3 Å². The summed E-state index contributed by atoms with van der Waals surface area (Å²) < 4.78 is 2.65. The summed E-state index contributed by atoms with van der Waals surface area (Å²) in [4.78, 5) is 36.3. The van der Waals surface area contributed by atoms with Gasteiger partial charge in [0, 0.05) is 33.0 Å². The number of anilines is 1. The summed E-state index contributed by atoms with van der Waals surface area (Å²) in [5.74, 6) is -0.133. The van der Waals surface area contributed by atoms with Gasteiger partial charge in [-0.1, -0.05) is 45.9 Å². The number of thioether (sulfide) groups is 1. The van der Waals surface area contributed by atoms with Crippen LogP contribution in [0, 0.1) is 30.9 Å². The van der Waals surface area contributed by atoms with Crippen molar-refractivity contribution in [1.29, 1.82) is 0 Å². The monoisotopic (exact) mass is 608 g/mol. The summed E-state index contributed by atoms with van der Waals surface area (Å²) in [5, 5.41) is 26.0. The molecule has 4 aromatic rings. The van der Waals surface area contributed by atoms with Gasteiger partial charge in [0.05, 0.1) is 17.2 Å². The van der Waals surface area contributed by atoms with Crippen LogP contribution in [0.3, 0.4) is 0 Å². The van der Waals surface area contributed by atoms with Gasteiger partial charge in [0.2, 0.25) is 5.91 Å². The fraction of sp³-hybridized carbons (Fsp3) is 0.185. The lowest BCUT2D eigenvalue weighted by atomic mass is 10.1. The largest absolute Gasteiger partial charge is 0.345 e. The number of carbonyl (C=O) groups excluding carboxylic acids is 2. The van der Waals surface area contributed by atoms with Crippen molar-refractivity contribution in [2.75, 3.05) is 11.1 Å². The van der Waals surface area contributed by atoms with Crippen molar-refractivity contribution in [3.05, 3.63) is 103 Å². The van der Waals surface area contributed by atoms with Crippen LogP contribution in [0.2, 0.25) is 0 Å². The van der Waals surface area contributed by atoms with Crippen LogP contribution in [0.1, 0.15) is 32.9 Å². The lowest BCUT2D eigenvalue weighted by Crippen LogP contribution is -2.25. The first kappa shape index (κ1) is 28.0. The summed E-state index contributed by atoms with van der Waals surface area (Å²) in [5.41, 5.74) is 4.03. The maximum absolute atomic E-state index is 12.8. The lowest BCUT2D eigenvalue weighted by molar-refractivity contribution is -0.385. The minimum absolute atomic E-state index is 0.0127. The van der Waals surface area contributed by atoms with Gasteiger partial charge in [-0.15, -0.1) is 10.2 Å². The first-order chi connectivity index (χ1) is 18.6. The van der Waals surface area contributed by atoms with Crippen LogP contribution < -0.4 is 10.6 Å². The zero-order valence-corrected chi connectivity index (χ0v) is 23.8. The predicted molar refractivity (Wildman–Crippen MR) is 153 cm³/mol. The van der Waals surface area contributed by atoms with E-state index in [4.69, 9.17) is 0 Å². The van der Waals surface area contributed by atoms with E-state index in [0.29, 0.717) is 16.5 Å². The molecule has 200 valence electrons. The number of rotatable bonds is 9. The van der Waals surface area contributed by atoms with E-state index in [1.165, 1.54) is 30.0 Å². The van der Waals surface area contributed by atoms with Gasteiger partial charge >= 0.3 is 0 Å². The van der Waals surface area contributed by atoms with Crippen molar-refractivity contribution >= 4 is 50.9 Å². The van der Waals surface area contributed by atoms with Crippen LogP contribution in [-0.2, 0) is 11.3 Å². The van der Waals surface area contributed by atoms with Crippen molar-refractivity contribution in [1.82, 2.24) is 20.1 Å². The van der Waals surface area contributed by atoms with Crippen molar-refractivity contribution in [2.24, 2.45) is 0 Å². The van der Waals surface area contributed by atoms with Gasteiger partial charge in [-0.2, -0.15) is 0 Å². The van der Waals surface area contributed by atoms with Gasteiger partial charge in [0.25, 0.3) is 11.6 Å². The number of nitro groups is 1. The molecule has 0 bridgehead atoms. The number of nitrogens with zero attached hydrogens (tertiary/aromatic N) is 4. The molecule has 0 atom stereocenters. The van der Waals surface area contributed by atoms with Gasteiger partial charge in [0.15, 0.2) is 11.0 Å². The minimum atomic E-state index is -0.518. The van der Waals surface area contributed by atoms with E-state index >= 15 is 0 Å².